The molecule has 0 unspecified atom stereocenters. The molecule has 0 bridgehead atoms. The number of rotatable bonds is 2. The Labute approximate surface area is 101 Å². The highest BCUT2D eigenvalue weighted by Crippen LogP contribution is 2.27. The lowest BCUT2D eigenvalue weighted by atomic mass is 9.99. The van der Waals surface area contributed by atoms with Crippen LogP contribution < -0.4 is 5.73 Å². The summed E-state index contributed by atoms with van der Waals surface area (Å²) in [6.45, 7) is 0. The Morgan fingerprint density at radius 1 is 0.882 bits per heavy atom. The van der Waals surface area contributed by atoms with Gasteiger partial charge in [-0.05, 0) is 17.2 Å². The van der Waals surface area contributed by atoms with Crippen molar-refractivity contribution in [3.05, 3.63) is 54.1 Å². The third kappa shape index (κ3) is 2.54. The lowest BCUT2D eigenvalue weighted by molar-refractivity contribution is 0.627. The van der Waals surface area contributed by atoms with Gasteiger partial charge in [0.2, 0.25) is 10.3 Å². The van der Waals surface area contributed by atoms with Gasteiger partial charge in [0.25, 0.3) is 0 Å². The van der Waals surface area contributed by atoms with Crippen molar-refractivity contribution >= 4 is 21.3 Å². The molecule has 17 heavy (non-hydrogen) atoms. The van der Waals surface area contributed by atoms with Crippen molar-refractivity contribution in [2.45, 2.75) is 0 Å². The Kier molecular flexibility index (Phi) is 3.25. The highest BCUT2D eigenvalue weighted by atomic mass is 32.2. The maximum Gasteiger partial charge on any atom is 0.214 e. The van der Waals surface area contributed by atoms with Crippen molar-refractivity contribution < 1.29 is 8.42 Å². The summed E-state index contributed by atoms with van der Waals surface area (Å²) in [7, 11) is -2.22. The van der Waals surface area contributed by atoms with E-state index in [1.165, 1.54) is 5.37 Å². The van der Waals surface area contributed by atoms with Gasteiger partial charge in [0.15, 0.2) is 0 Å². The third-order valence-corrected chi connectivity index (χ3v) is 2.88. The van der Waals surface area contributed by atoms with E-state index in [0.717, 1.165) is 11.1 Å². The van der Waals surface area contributed by atoms with E-state index in [1.807, 2.05) is 30.3 Å². The fraction of sp³-hybridized carbons (Fsp3) is 0. The third-order valence-electron chi connectivity index (χ3n) is 2.43. The van der Waals surface area contributed by atoms with Crippen LogP contribution in [-0.2, 0) is 10.3 Å². The van der Waals surface area contributed by atoms with E-state index in [0.29, 0.717) is 11.3 Å². The summed E-state index contributed by atoms with van der Waals surface area (Å²) in [5, 5.41) is 1.18. The van der Waals surface area contributed by atoms with Gasteiger partial charge in [-0.25, -0.2) is 0 Å². The molecule has 0 atom stereocenters. The first kappa shape index (κ1) is 11.4. The van der Waals surface area contributed by atoms with Gasteiger partial charge in [0.1, 0.15) is 0 Å². The molecule has 0 aliphatic carbocycles. The molecule has 0 aliphatic rings. The smallest absolute Gasteiger partial charge is 0.214 e. The number of hydrogen-bond donors (Lipinski definition) is 1. The topological polar surface area (TPSA) is 60.2 Å². The van der Waals surface area contributed by atoms with Crippen molar-refractivity contribution in [1.29, 1.82) is 0 Å². The first-order valence-corrected chi connectivity index (χ1v) is 6.19. The molecule has 2 aromatic rings. The van der Waals surface area contributed by atoms with Gasteiger partial charge in [0, 0.05) is 11.3 Å². The largest absolute Gasteiger partial charge is 0.398 e. The minimum Gasteiger partial charge on any atom is -0.398 e. The first-order valence-electron chi connectivity index (χ1n) is 5.05. The van der Waals surface area contributed by atoms with Crippen LogP contribution in [0.3, 0.4) is 0 Å². The fourth-order valence-corrected chi connectivity index (χ4v) is 2.10. The molecule has 4 heteroatoms. The average molecular weight is 245 g/mol. The summed E-state index contributed by atoms with van der Waals surface area (Å²) in [6, 6.07) is 14.6. The molecule has 0 aromatic heterocycles. The Morgan fingerprint density at radius 3 is 2.12 bits per heavy atom. The van der Waals surface area contributed by atoms with Crippen LogP contribution in [0.25, 0.3) is 11.1 Å². The number of hydrogen-bond acceptors (Lipinski definition) is 3. The molecule has 0 aliphatic heterocycles. The summed E-state index contributed by atoms with van der Waals surface area (Å²) in [5.74, 6) is 0. The zero-order valence-corrected chi connectivity index (χ0v) is 9.81. The van der Waals surface area contributed by atoms with E-state index in [2.05, 4.69) is 0 Å². The molecule has 0 fully saturated rings. The zero-order chi connectivity index (χ0) is 12.3. The summed E-state index contributed by atoms with van der Waals surface area (Å²) in [5.41, 5.74) is 8.80. The summed E-state index contributed by atoms with van der Waals surface area (Å²) in [4.78, 5) is 0. The van der Waals surface area contributed by atoms with Crippen LogP contribution in [0.1, 0.15) is 5.56 Å². The molecule has 86 valence electrons. The number of nitrogen functional groups attached to an aromatic ring is 1. The predicted molar refractivity (Wildman–Crippen MR) is 70.4 cm³/mol. The predicted octanol–water partition coefficient (Wildman–Crippen LogP) is 1.97. The molecule has 0 amide bonds. The second-order valence-electron chi connectivity index (χ2n) is 3.55. The second-order valence-corrected chi connectivity index (χ2v) is 4.31. The van der Waals surface area contributed by atoms with Crippen LogP contribution in [0.5, 0.6) is 0 Å². The Balaban J connectivity index is 2.68. The molecule has 2 N–H and O–H groups in total. The fourth-order valence-electron chi connectivity index (χ4n) is 1.69. The Morgan fingerprint density at radius 2 is 1.47 bits per heavy atom. The van der Waals surface area contributed by atoms with E-state index < -0.39 is 10.3 Å². The standard InChI is InChI=1S/C13H11NO2S/c14-13-8-4-3-7-12(13)11-6-2-1-5-10(11)9-17(15)16/h1-9H,14H2. The summed E-state index contributed by atoms with van der Waals surface area (Å²) >= 11 is 0. The Hall–Kier alpha value is -2.07. The number of anilines is 1. The maximum absolute atomic E-state index is 10.8. The van der Waals surface area contributed by atoms with E-state index in [9.17, 15) is 8.42 Å². The molecular weight excluding hydrogens is 234 g/mol. The van der Waals surface area contributed by atoms with Gasteiger partial charge >= 0.3 is 0 Å². The molecule has 3 nitrogen and oxygen atoms in total. The minimum atomic E-state index is -2.22. The van der Waals surface area contributed by atoms with Gasteiger partial charge in [0.05, 0.1) is 5.37 Å². The van der Waals surface area contributed by atoms with Crippen LogP contribution in [-0.4, -0.2) is 13.8 Å². The summed E-state index contributed by atoms with van der Waals surface area (Å²) in [6.07, 6.45) is 0. The highest BCUT2D eigenvalue weighted by molar-refractivity contribution is 7.71. The van der Waals surface area contributed by atoms with Crippen LogP contribution in [0.15, 0.2) is 48.5 Å². The first-order chi connectivity index (χ1) is 8.18. The van der Waals surface area contributed by atoms with Crippen LogP contribution >= 0.6 is 0 Å². The van der Waals surface area contributed by atoms with Gasteiger partial charge in [-0.1, -0.05) is 42.5 Å². The lowest BCUT2D eigenvalue weighted by Gasteiger charge is -2.07. The van der Waals surface area contributed by atoms with E-state index in [1.54, 1.807) is 18.2 Å². The highest BCUT2D eigenvalue weighted by Gasteiger charge is 2.05. The molecule has 2 aromatic carbocycles. The maximum atomic E-state index is 10.8. The molecular formula is C13H11NO2S. The van der Waals surface area contributed by atoms with Crippen molar-refractivity contribution in [2.24, 2.45) is 0 Å². The monoisotopic (exact) mass is 245 g/mol. The number of benzene rings is 2. The van der Waals surface area contributed by atoms with Crippen molar-refractivity contribution in [2.75, 3.05) is 5.73 Å². The SMILES string of the molecule is Nc1ccccc1-c1ccccc1C=S(=O)=O. The second kappa shape index (κ2) is 4.84. The molecule has 2 rings (SSSR count). The van der Waals surface area contributed by atoms with Crippen molar-refractivity contribution in [1.82, 2.24) is 0 Å². The van der Waals surface area contributed by atoms with Gasteiger partial charge in [-0.3, -0.25) is 0 Å². The van der Waals surface area contributed by atoms with Crippen molar-refractivity contribution in [3.8, 4) is 11.1 Å². The molecule has 0 saturated carbocycles. The van der Waals surface area contributed by atoms with E-state index in [4.69, 9.17) is 5.73 Å². The molecule has 0 saturated heterocycles. The van der Waals surface area contributed by atoms with Crippen LogP contribution in [0, 0.1) is 0 Å². The van der Waals surface area contributed by atoms with Gasteiger partial charge in [-0.15, -0.1) is 0 Å². The van der Waals surface area contributed by atoms with Gasteiger partial charge < -0.3 is 5.73 Å². The van der Waals surface area contributed by atoms with E-state index >= 15 is 0 Å². The van der Waals surface area contributed by atoms with Crippen LogP contribution in [0.2, 0.25) is 0 Å². The average Bonchev–Trinajstić information content (AvgIpc) is 2.30. The minimum absolute atomic E-state index is 0.630. The van der Waals surface area contributed by atoms with Crippen molar-refractivity contribution in [3.63, 3.8) is 0 Å². The normalized spacial score (nSPS) is 9.88. The molecule has 0 radical (unpaired) electrons. The lowest BCUT2D eigenvalue weighted by Crippen LogP contribution is -1.93. The molecule has 0 spiro atoms. The number of para-hydroxylation sites is 1. The quantitative estimate of drug-likeness (QED) is 0.650. The van der Waals surface area contributed by atoms with Gasteiger partial charge in [-0.2, -0.15) is 8.42 Å². The number of nitrogens with two attached hydrogens (primary N) is 1. The zero-order valence-electron chi connectivity index (χ0n) is 9.00. The van der Waals surface area contributed by atoms with Crippen LogP contribution in [0.4, 0.5) is 5.69 Å². The molecule has 0 heterocycles. The van der Waals surface area contributed by atoms with E-state index in [-0.39, 0.29) is 0 Å². The summed E-state index contributed by atoms with van der Waals surface area (Å²) < 4.78 is 21.5. The Bertz CT molecular complexity index is 667.